The third-order valence-corrected chi connectivity index (χ3v) is 4.71. The van der Waals surface area contributed by atoms with Gasteiger partial charge in [0.05, 0.1) is 21.5 Å². The highest BCUT2D eigenvalue weighted by atomic mass is 35.5. The molecule has 0 unspecified atom stereocenters. The number of hydrogen-bond donors (Lipinski definition) is 1. The number of carbonyl (C=O) groups is 1. The van der Waals surface area contributed by atoms with E-state index in [0.29, 0.717) is 26.6 Å². The molecule has 3 rings (SSSR count). The van der Waals surface area contributed by atoms with Crippen molar-refractivity contribution in [3.8, 4) is 5.69 Å². The van der Waals surface area contributed by atoms with Gasteiger partial charge in [-0.3, -0.25) is 4.79 Å². The maximum Gasteiger partial charge on any atom is 0.234 e. The lowest BCUT2D eigenvalue weighted by atomic mass is 10.3. The lowest BCUT2D eigenvalue weighted by molar-refractivity contribution is -0.113. The summed E-state index contributed by atoms with van der Waals surface area (Å²) in [5, 5.41) is 15.2. The van der Waals surface area contributed by atoms with Crippen molar-refractivity contribution in [1.82, 2.24) is 20.2 Å². The first-order valence-corrected chi connectivity index (χ1v) is 8.69. The third kappa shape index (κ3) is 4.47. The van der Waals surface area contributed by atoms with Crippen molar-refractivity contribution in [2.75, 3.05) is 11.1 Å². The third-order valence-electron chi connectivity index (χ3n) is 3.05. The number of nitrogens with zero attached hydrogens (tertiary/aromatic N) is 4. The fourth-order valence-electron chi connectivity index (χ4n) is 1.91. The normalized spacial score (nSPS) is 10.7. The summed E-state index contributed by atoms with van der Waals surface area (Å²) in [6.07, 6.45) is 0. The smallest absolute Gasteiger partial charge is 0.234 e. The molecule has 0 aliphatic rings. The number of anilines is 1. The van der Waals surface area contributed by atoms with Crippen molar-refractivity contribution < 1.29 is 9.18 Å². The van der Waals surface area contributed by atoms with Gasteiger partial charge in [-0.05, 0) is 52.9 Å². The van der Waals surface area contributed by atoms with Crippen LogP contribution in [-0.2, 0) is 4.79 Å². The van der Waals surface area contributed by atoms with Gasteiger partial charge < -0.3 is 5.32 Å². The standard InChI is InChI=1S/C15H10Cl2FN5OS/c16-12-6-3-10(7-13(12)17)19-14(24)8-25-15-20-21-22-23(15)11-4-1-9(18)2-5-11/h1-7H,8H2,(H,19,24). The Balaban J connectivity index is 1.64. The average Bonchev–Trinajstić information content (AvgIpc) is 3.06. The first-order chi connectivity index (χ1) is 12.0. The predicted molar refractivity (Wildman–Crippen MR) is 94.9 cm³/mol. The monoisotopic (exact) mass is 397 g/mol. The summed E-state index contributed by atoms with van der Waals surface area (Å²) in [4.78, 5) is 12.1. The minimum absolute atomic E-state index is 0.0851. The topological polar surface area (TPSA) is 72.7 Å². The van der Waals surface area contributed by atoms with E-state index in [1.807, 2.05) is 0 Å². The summed E-state index contributed by atoms with van der Waals surface area (Å²) >= 11 is 12.9. The van der Waals surface area contributed by atoms with Gasteiger partial charge in [0.15, 0.2) is 0 Å². The molecule has 0 saturated carbocycles. The van der Waals surface area contributed by atoms with Crippen LogP contribution in [0.5, 0.6) is 0 Å². The molecule has 2 aromatic carbocycles. The van der Waals surface area contributed by atoms with Gasteiger partial charge in [-0.15, -0.1) is 5.10 Å². The molecule has 1 heterocycles. The lowest BCUT2D eigenvalue weighted by Crippen LogP contribution is -2.14. The van der Waals surface area contributed by atoms with Crippen LogP contribution in [0.4, 0.5) is 10.1 Å². The Kier molecular flexibility index (Phi) is 5.52. The Morgan fingerprint density at radius 1 is 1.16 bits per heavy atom. The summed E-state index contributed by atoms with van der Waals surface area (Å²) in [6, 6.07) is 10.5. The van der Waals surface area contributed by atoms with Crippen LogP contribution >= 0.6 is 35.0 Å². The summed E-state index contributed by atoms with van der Waals surface area (Å²) in [6.45, 7) is 0. The van der Waals surface area contributed by atoms with Crippen LogP contribution in [0.3, 0.4) is 0 Å². The van der Waals surface area contributed by atoms with Crippen LogP contribution in [0.15, 0.2) is 47.6 Å². The van der Waals surface area contributed by atoms with E-state index in [2.05, 4.69) is 20.8 Å². The maximum absolute atomic E-state index is 13.0. The predicted octanol–water partition coefficient (Wildman–Crippen LogP) is 3.84. The molecule has 0 aliphatic heterocycles. The lowest BCUT2D eigenvalue weighted by Gasteiger charge is -2.06. The second-order valence-corrected chi connectivity index (χ2v) is 6.57. The van der Waals surface area contributed by atoms with E-state index in [9.17, 15) is 9.18 Å². The molecule has 0 radical (unpaired) electrons. The first kappa shape index (κ1) is 17.7. The molecule has 0 fully saturated rings. The highest BCUT2D eigenvalue weighted by molar-refractivity contribution is 7.99. The number of amides is 1. The van der Waals surface area contributed by atoms with Crippen molar-refractivity contribution in [2.45, 2.75) is 5.16 Å². The maximum atomic E-state index is 13.0. The van der Waals surface area contributed by atoms with E-state index in [1.54, 1.807) is 30.3 Å². The van der Waals surface area contributed by atoms with Crippen molar-refractivity contribution in [3.05, 3.63) is 58.3 Å². The molecule has 1 amide bonds. The van der Waals surface area contributed by atoms with Crippen molar-refractivity contribution in [1.29, 1.82) is 0 Å². The molecule has 0 bridgehead atoms. The molecule has 6 nitrogen and oxygen atoms in total. The van der Waals surface area contributed by atoms with Crippen molar-refractivity contribution in [3.63, 3.8) is 0 Å². The highest BCUT2D eigenvalue weighted by Gasteiger charge is 2.12. The molecule has 25 heavy (non-hydrogen) atoms. The zero-order chi connectivity index (χ0) is 17.8. The van der Waals surface area contributed by atoms with Crippen LogP contribution in [-0.4, -0.2) is 31.9 Å². The number of thioether (sulfide) groups is 1. The Morgan fingerprint density at radius 3 is 2.64 bits per heavy atom. The van der Waals surface area contributed by atoms with Gasteiger partial charge in [0.25, 0.3) is 0 Å². The van der Waals surface area contributed by atoms with Gasteiger partial charge in [-0.2, -0.15) is 4.68 Å². The van der Waals surface area contributed by atoms with E-state index in [-0.39, 0.29) is 17.5 Å². The number of tetrazole rings is 1. The highest BCUT2D eigenvalue weighted by Crippen LogP contribution is 2.25. The Labute approximate surface area is 156 Å². The van der Waals surface area contributed by atoms with E-state index >= 15 is 0 Å². The molecular formula is C15H10Cl2FN5OS. The van der Waals surface area contributed by atoms with E-state index in [4.69, 9.17) is 23.2 Å². The molecule has 3 aromatic rings. The van der Waals surface area contributed by atoms with Crippen molar-refractivity contribution >= 4 is 46.6 Å². The second kappa shape index (κ2) is 7.81. The van der Waals surface area contributed by atoms with Gasteiger partial charge >= 0.3 is 0 Å². The van der Waals surface area contributed by atoms with Gasteiger partial charge in [0, 0.05) is 5.69 Å². The fraction of sp³-hybridized carbons (Fsp3) is 0.0667. The Morgan fingerprint density at radius 2 is 1.92 bits per heavy atom. The van der Waals surface area contributed by atoms with Gasteiger partial charge in [0.1, 0.15) is 5.82 Å². The average molecular weight is 398 g/mol. The van der Waals surface area contributed by atoms with Crippen LogP contribution in [0.1, 0.15) is 0 Å². The number of halogens is 3. The summed E-state index contributed by atoms with van der Waals surface area (Å²) in [5.41, 5.74) is 1.14. The molecule has 0 saturated heterocycles. The number of rotatable bonds is 5. The van der Waals surface area contributed by atoms with E-state index in [1.165, 1.54) is 16.8 Å². The number of carbonyl (C=O) groups excluding carboxylic acids is 1. The van der Waals surface area contributed by atoms with Gasteiger partial charge in [-0.25, -0.2) is 4.39 Å². The zero-order valence-electron chi connectivity index (χ0n) is 12.5. The largest absolute Gasteiger partial charge is 0.325 e. The van der Waals surface area contributed by atoms with Gasteiger partial charge in [-0.1, -0.05) is 35.0 Å². The number of hydrogen-bond acceptors (Lipinski definition) is 5. The Hall–Kier alpha value is -2.16. The quantitative estimate of drug-likeness (QED) is 0.662. The molecule has 0 atom stereocenters. The van der Waals surface area contributed by atoms with Crippen LogP contribution in [0, 0.1) is 5.82 Å². The molecule has 0 spiro atoms. The van der Waals surface area contributed by atoms with Crippen molar-refractivity contribution in [2.24, 2.45) is 0 Å². The fourth-order valence-corrected chi connectivity index (χ4v) is 2.90. The summed E-state index contributed by atoms with van der Waals surface area (Å²) < 4.78 is 14.4. The Bertz CT molecular complexity index is 903. The van der Waals surface area contributed by atoms with Crippen LogP contribution < -0.4 is 5.32 Å². The number of aromatic nitrogens is 4. The molecule has 0 aliphatic carbocycles. The molecule has 10 heteroatoms. The zero-order valence-corrected chi connectivity index (χ0v) is 14.8. The summed E-state index contributed by atoms with van der Waals surface area (Å²) in [7, 11) is 0. The first-order valence-electron chi connectivity index (χ1n) is 6.95. The molecule has 1 aromatic heterocycles. The van der Waals surface area contributed by atoms with Crippen LogP contribution in [0.2, 0.25) is 10.0 Å². The van der Waals surface area contributed by atoms with E-state index < -0.39 is 0 Å². The number of nitrogens with one attached hydrogen (secondary N) is 1. The van der Waals surface area contributed by atoms with Gasteiger partial charge in [0.2, 0.25) is 11.1 Å². The molecular weight excluding hydrogens is 388 g/mol. The summed E-state index contributed by atoms with van der Waals surface area (Å²) in [5.74, 6) is -0.522. The minimum atomic E-state index is -0.355. The minimum Gasteiger partial charge on any atom is -0.325 e. The molecule has 1 N–H and O–H groups in total. The van der Waals surface area contributed by atoms with E-state index in [0.717, 1.165) is 11.8 Å². The molecule has 128 valence electrons. The second-order valence-electron chi connectivity index (χ2n) is 4.82. The SMILES string of the molecule is O=C(CSc1nnnn1-c1ccc(F)cc1)Nc1ccc(Cl)c(Cl)c1. The van der Waals surface area contributed by atoms with Crippen LogP contribution in [0.25, 0.3) is 5.69 Å². The number of benzene rings is 2.